The molecule has 1 spiro atoms. The molecule has 10 atom stereocenters. The van der Waals surface area contributed by atoms with Crippen molar-refractivity contribution < 1.29 is 14.7 Å². The van der Waals surface area contributed by atoms with Crippen LogP contribution in [-0.4, -0.2) is 22.5 Å². The summed E-state index contributed by atoms with van der Waals surface area (Å²) >= 11 is 0. The third-order valence-corrected chi connectivity index (χ3v) is 10.0. The van der Waals surface area contributed by atoms with E-state index in [0.29, 0.717) is 11.8 Å². The number of fused-ring (bicyclic) bond motifs is 12. The van der Waals surface area contributed by atoms with Crippen LogP contribution in [-0.2, 0) is 9.53 Å². The molecular formula is C23H27NO3. The molecule has 0 radical (unpaired) electrons. The Labute approximate surface area is 159 Å². The van der Waals surface area contributed by atoms with Crippen LogP contribution in [0.15, 0.2) is 29.0 Å². The van der Waals surface area contributed by atoms with Crippen molar-refractivity contribution in [3.8, 4) is 0 Å². The van der Waals surface area contributed by atoms with Gasteiger partial charge in [0.15, 0.2) is 0 Å². The Kier molecular flexibility index (Phi) is 2.57. The Balaban J connectivity index is 1.30. The second-order valence-corrected chi connectivity index (χ2v) is 10.7. The van der Waals surface area contributed by atoms with Gasteiger partial charge in [0, 0.05) is 17.4 Å². The quantitative estimate of drug-likeness (QED) is 0.402. The molecule has 7 unspecified atom stereocenters. The van der Waals surface area contributed by atoms with Crippen LogP contribution in [0.4, 0.5) is 0 Å². The Morgan fingerprint density at radius 2 is 2.07 bits per heavy atom. The third kappa shape index (κ3) is 1.61. The number of ether oxygens (including phenoxy) is 1. The molecule has 1 N–H and O–H groups in total. The zero-order valence-electron chi connectivity index (χ0n) is 15.8. The maximum atomic E-state index is 12.0. The van der Waals surface area contributed by atoms with E-state index in [1.165, 1.54) is 25.7 Å². The molecule has 0 aromatic carbocycles. The molecule has 0 amide bonds. The van der Waals surface area contributed by atoms with Crippen molar-refractivity contribution in [2.75, 3.05) is 0 Å². The van der Waals surface area contributed by atoms with E-state index in [-0.39, 0.29) is 17.0 Å². The van der Waals surface area contributed by atoms with Gasteiger partial charge in [-0.05, 0) is 92.1 Å². The summed E-state index contributed by atoms with van der Waals surface area (Å²) in [6.07, 6.45) is 13.2. The van der Waals surface area contributed by atoms with Gasteiger partial charge in [-0.2, -0.15) is 0 Å². The highest BCUT2D eigenvalue weighted by atomic mass is 16.6. The lowest BCUT2D eigenvalue weighted by Crippen LogP contribution is -2.55. The van der Waals surface area contributed by atoms with Gasteiger partial charge >= 0.3 is 5.97 Å². The van der Waals surface area contributed by atoms with Gasteiger partial charge < -0.3 is 9.94 Å². The summed E-state index contributed by atoms with van der Waals surface area (Å²) in [5, 5.41) is 12.8. The first-order valence-corrected chi connectivity index (χ1v) is 10.9. The Hall–Kier alpha value is -1.58. The maximum absolute atomic E-state index is 12.0. The fourth-order valence-corrected chi connectivity index (χ4v) is 9.03. The van der Waals surface area contributed by atoms with E-state index >= 15 is 0 Å². The second-order valence-electron chi connectivity index (χ2n) is 10.7. The van der Waals surface area contributed by atoms with Crippen molar-refractivity contribution in [3.63, 3.8) is 0 Å². The summed E-state index contributed by atoms with van der Waals surface area (Å²) in [6, 6.07) is 0. The minimum absolute atomic E-state index is 0.120. The summed E-state index contributed by atoms with van der Waals surface area (Å²) in [7, 11) is 0. The van der Waals surface area contributed by atoms with Crippen molar-refractivity contribution in [2.45, 2.75) is 51.0 Å². The van der Waals surface area contributed by atoms with E-state index in [1.807, 2.05) is 0 Å². The van der Waals surface area contributed by atoms with Gasteiger partial charge in [-0.25, -0.2) is 4.79 Å². The van der Waals surface area contributed by atoms with Gasteiger partial charge in [0.1, 0.15) is 5.60 Å². The molecule has 1 aliphatic heterocycles. The zero-order valence-corrected chi connectivity index (χ0v) is 15.8. The van der Waals surface area contributed by atoms with Crippen molar-refractivity contribution in [3.05, 3.63) is 23.8 Å². The van der Waals surface area contributed by atoms with Crippen LogP contribution in [0.25, 0.3) is 0 Å². The van der Waals surface area contributed by atoms with Crippen molar-refractivity contribution in [2.24, 2.45) is 57.9 Å². The first kappa shape index (κ1) is 15.4. The zero-order chi connectivity index (χ0) is 18.1. The number of nitrogens with zero attached hydrogens (tertiary/aromatic N) is 1. The number of rotatable bonds is 0. The van der Waals surface area contributed by atoms with E-state index < -0.39 is 0 Å². The lowest BCUT2D eigenvalue weighted by atomic mass is 9.49. The topological polar surface area (TPSA) is 58.9 Å². The normalized spacial score (nSPS) is 60.1. The summed E-state index contributed by atoms with van der Waals surface area (Å²) in [5.74, 6) is 5.78. The highest BCUT2D eigenvalue weighted by Gasteiger charge is 2.79. The van der Waals surface area contributed by atoms with E-state index in [2.05, 4.69) is 24.2 Å². The average molecular weight is 365 g/mol. The minimum Gasteiger partial charge on any atom is -0.451 e. The number of carbonyl (C=O) groups is 1. The first-order valence-electron chi connectivity index (χ1n) is 10.9. The first-order chi connectivity index (χ1) is 13.1. The van der Waals surface area contributed by atoms with Crippen LogP contribution in [0.1, 0.15) is 45.4 Å². The molecular weight excluding hydrogens is 338 g/mol. The molecule has 0 aromatic rings. The highest BCUT2D eigenvalue weighted by Crippen LogP contribution is 2.80. The molecule has 0 aromatic heterocycles. The fraction of sp³-hybridized carbons (Fsp3) is 0.739. The van der Waals surface area contributed by atoms with Crippen molar-refractivity contribution in [1.82, 2.24) is 0 Å². The lowest BCUT2D eigenvalue weighted by molar-refractivity contribution is -0.168. The molecule has 5 fully saturated rings. The molecule has 27 heavy (non-hydrogen) atoms. The Bertz CT molecular complexity index is 858. The molecule has 7 rings (SSSR count). The fourth-order valence-electron chi connectivity index (χ4n) is 9.03. The number of hydrogen-bond donors (Lipinski definition) is 1. The van der Waals surface area contributed by atoms with Gasteiger partial charge in [-0.15, -0.1) is 0 Å². The van der Waals surface area contributed by atoms with Crippen LogP contribution >= 0.6 is 0 Å². The van der Waals surface area contributed by atoms with E-state index in [1.54, 1.807) is 11.6 Å². The maximum Gasteiger partial charge on any atom is 0.331 e. The second kappa shape index (κ2) is 4.52. The number of carbonyl (C=O) groups excluding carboxylic acids is 1. The van der Waals surface area contributed by atoms with Crippen LogP contribution in [0.3, 0.4) is 0 Å². The minimum atomic E-state index is -0.297. The van der Waals surface area contributed by atoms with Gasteiger partial charge in [0.05, 0.1) is 5.71 Å². The third-order valence-electron chi connectivity index (χ3n) is 10.0. The molecule has 4 nitrogen and oxygen atoms in total. The molecule has 6 aliphatic carbocycles. The average Bonchev–Trinajstić information content (AvgIpc) is 3.58. The smallest absolute Gasteiger partial charge is 0.331 e. The Morgan fingerprint density at radius 3 is 2.85 bits per heavy atom. The Morgan fingerprint density at radius 1 is 1.19 bits per heavy atom. The lowest BCUT2D eigenvalue weighted by Gasteiger charge is -2.56. The molecule has 0 bridgehead atoms. The van der Waals surface area contributed by atoms with E-state index in [9.17, 15) is 10.0 Å². The number of hydrogen-bond acceptors (Lipinski definition) is 4. The predicted molar refractivity (Wildman–Crippen MR) is 99.0 cm³/mol. The van der Waals surface area contributed by atoms with Gasteiger partial charge in [-0.3, -0.25) is 0 Å². The largest absolute Gasteiger partial charge is 0.451 e. The number of oxime groups is 1. The van der Waals surface area contributed by atoms with Crippen molar-refractivity contribution >= 4 is 11.7 Å². The SMILES string of the molecule is C[C@]12CCC3C(C4CC4C4=C/C(=N/O)CC[C@@H]43)C1C1CC1[C@@]21C=CC(=O)O1. The monoisotopic (exact) mass is 365 g/mol. The highest BCUT2D eigenvalue weighted by molar-refractivity contribution is 5.96. The van der Waals surface area contributed by atoms with Gasteiger partial charge in [0.25, 0.3) is 0 Å². The molecule has 5 saturated carbocycles. The number of esters is 1. The predicted octanol–water partition coefficient (Wildman–Crippen LogP) is 3.95. The molecule has 1 heterocycles. The standard InChI is InChI=1S/C23H27NO3/c1-22-6-4-13-12-3-2-11(24-26)8-14(12)15-9-16(15)20(13)21(22)17-10-18(17)23(22)7-5-19(25)27-23/h5,7-8,12-13,15-18,20-21,26H,2-4,6,9-10H2,1H3/b24-11+/t12-,13?,15?,16?,17?,18?,20?,21?,22+,23+/m1/s1. The van der Waals surface area contributed by atoms with Gasteiger partial charge in [0.2, 0.25) is 0 Å². The van der Waals surface area contributed by atoms with Gasteiger partial charge in [-0.1, -0.05) is 17.7 Å². The molecule has 4 heteroatoms. The molecule has 0 saturated heterocycles. The summed E-state index contributed by atoms with van der Waals surface area (Å²) in [5.41, 5.74) is 2.33. The van der Waals surface area contributed by atoms with Crippen LogP contribution in [0, 0.1) is 52.8 Å². The van der Waals surface area contributed by atoms with Crippen molar-refractivity contribution in [1.29, 1.82) is 0 Å². The summed E-state index contributed by atoms with van der Waals surface area (Å²) in [6.45, 7) is 2.45. The molecule has 142 valence electrons. The van der Waals surface area contributed by atoms with Crippen LogP contribution in [0.5, 0.6) is 0 Å². The summed E-state index contributed by atoms with van der Waals surface area (Å²) in [4.78, 5) is 12.0. The van der Waals surface area contributed by atoms with Crippen LogP contribution < -0.4 is 0 Å². The van der Waals surface area contributed by atoms with E-state index in [4.69, 9.17) is 4.74 Å². The number of allylic oxidation sites excluding steroid dienone is 2. The van der Waals surface area contributed by atoms with E-state index in [0.717, 1.165) is 54.1 Å². The van der Waals surface area contributed by atoms with Crippen LogP contribution in [0.2, 0.25) is 0 Å². The summed E-state index contributed by atoms with van der Waals surface area (Å²) < 4.78 is 6.10. The molecule has 7 aliphatic rings.